The fourth-order valence-corrected chi connectivity index (χ4v) is 3.37. The summed E-state index contributed by atoms with van der Waals surface area (Å²) in [6.45, 7) is 2.50. The van der Waals surface area contributed by atoms with Gasteiger partial charge in [0.15, 0.2) is 6.61 Å². The Kier molecular flexibility index (Phi) is 8.27. The molecule has 4 rings (SSSR count). The molecule has 0 aliphatic rings. The number of esters is 1. The van der Waals surface area contributed by atoms with Gasteiger partial charge < -0.3 is 14.2 Å². The number of hydrogen-bond acceptors (Lipinski definition) is 6. The summed E-state index contributed by atoms with van der Waals surface area (Å²) in [6, 6.07) is 27.1. The number of ether oxygens (including phenoxy) is 3. The third-order valence-corrected chi connectivity index (χ3v) is 5.16. The second kappa shape index (κ2) is 12.2. The fraction of sp³-hybridized carbons (Fsp3) is 0.138. The summed E-state index contributed by atoms with van der Waals surface area (Å²) >= 11 is 0. The van der Waals surface area contributed by atoms with E-state index in [2.05, 4.69) is 10.5 Å². The van der Waals surface area contributed by atoms with E-state index in [1.807, 2.05) is 49.4 Å². The summed E-state index contributed by atoms with van der Waals surface area (Å²) in [7, 11) is 0. The molecule has 0 bridgehead atoms. The summed E-state index contributed by atoms with van der Waals surface area (Å²) in [6.07, 6.45) is 2.41. The van der Waals surface area contributed by atoms with Crippen LogP contribution in [0.25, 0.3) is 10.8 Å². The van der Waals surface area contributed by atoms with Gasteiger partial charge in [-0.3, -0.25) is 4.79 Å². The molecule has 0 heterocycles. The Bertz CT molecular complexity index is 1340. The molecule has 0 spiro atoms. The molecule has 1 N–H and O–H groups in total. The number of hydrazone groups is 1. The summed E-state index contributed by atoms with van der Waals surface area (Å²) in [5.74, 6) is 0.908. The number of amides is 1. The van der Waals surface area contributed by atoms with Gasteiger partial charge in [-0.05, 0) is 72.0 Å². The van der Waals surface area contributed by atoms with E-state index in [1.54, 1.807) is 48.5 Å². The Morgan fingerprint density at radius 3 is 2.33 bits per heavy atom. The van der Waals surface area contributed by atoms with Gasteiger partial charge in [0, 0.05) is 5.39 Å². The van der Waals surface area contributed by atoms with Gasteiger partial charge in [0.2, 0.25) is 0 Å². The van der Waals surface area contributed by atoms with E-state index in [9.17, 15) is 9.59 Å². The second-order valence-electron chi connectivity index (χ2n) is 7.89. The number of fused-ring (bicyclic) bond motifs is 1. The SMILES string of the molecule is CCCOc1ccc(C(=O)Oc2ccc(/C=N/NC(=O)COc3cccc4ccccc34)cc2)cc1. The maximum Gasteiger partial charge on any atom is 0.343 e. The fourth-order valence-electron chi connectivity index (χ4n) is 3.37. The summed E-state index contributed by atoms with van der Waals surface area (Å²) < 4.78 is 16.6. The highest BCUT2D eigenvalue weighted by molar-refractivity contribution is 5.91. The van der Waals surface area contributed by atoms with Crippen LogP contribution in [-0.2, 0) is 4.79 Å². The highest BCUT2D eigenvalue weighted by Crippen LogP contribution is 2.25. The van der Waals surface area contributed by atoms with Crippen molar-refractivity contribution < 1.29 is 23.8 Å². The number of carbonyl (C=O) groups is 2. The largest absolute Gasteiger partial charge is 0.494 e. The monoisotopic (exact) mass is 482 g/mol. The molecule has 0 aliphatic heterocycles. The lowest BCUT2D eigenvalue weighted by Crippen LogP contribution is -2.24. The van der Waals surface area contributed by atoms with Gasteiger partial charge >= 0.3 is 5.97 Å². The molecule has 4 aromatic rings. The predicted molar refractivity (Wildman–Crippen MR) is 139 cm³/mol. The van der Waals surface area contributed by atoms with E-state index in [-0.39, 0.29) is 12.5 Å². The van der Waals surface area contributed by atoms with E-state index in [0.717, 1.165) is 22.8 Å². The standard InChI is InChI=1S/C29H26N2O5/c1-2-18-34-24-16-12-23(13-17-24)29(33)36-25-14-10-21(11-15-25)19-30-31-28(32)20-35-27-9-5-7-22-6-3-4-8-26(22)27/h3-17,19H,2,18,20H2,1H3,(H,31,32)/b30-19+. The van der Waals surface area contributed by atoms with Gasteiger partial charge in [-0.25, -0.2) is 10.2 Å². The van der Waals surface area contributed by atoms with Gasteiger partial charge in [0.1, 0.15) is 17.2 Å². The Labute approximate surface area is 209 Å². The minimum absolute atomic E-state index is 0.161. The van der Waals surface area contributed by atoms with Crippen LogP contribution in [0.15, 0.2) is 96.1 Å². The van der Waals surface area contributed by atoms with Crippen molar-refractivity contribution in [3.63, 3.8) is 0 Å². The van der Waals surface area contributed by atoms with Crippen LogP contribution in [0.4, 0.5) is 0 Å². The summed E-state index contributed by atoms with van der Waals surface area (Å²) in [5, 5.41) is 5.94. The van der Waals surface area contributed by atoms with Gasteiger partial charge in [0.05, 0.1) is 18.4 Å². The van der Waals surface area contributed by atoms with E-state index in [1.165, 1.54) is 6.21 Å². The zero-order valence-electron chi connectivity index (χ0n) is 19.8. The lowest BCUT2D eigenvalue weighted by Gasteiger charge is -2.08. The number of hydrogen-bond donors (Lipinski definition) is 1. The van der Waals surface area contributed by atoms with Crippen molar-refractivity contribution in [2.24, 2.45) is 5.10 Å². The first-order valence-electron chi connectivity index (χ1n) is 11.6. The molecule has 0 atom stereocenters. The van der Waals surface area contributed by atoms with E-state index in [4.69, 9.17) is 14.2 Å². The van der Waals surface area contributed by atoms with Crippen LogP contribution < -0.4 is 19.6 Å². The summed E-state index contributed by atoms with van der Waals surface area (Å²) in [4.78, 5) is 24.5. The van der Waals surface area contributed by atoms with Crippen LogP contribution in [0.3, 0.4) is 0 Å². The molecule has 4 aromatic carbocycles. The zero-order chi connectivity index (χ0) is 25.2. The molecular weight excluding hydrogens is 456 g/mol. The van der Waals surface area contributed by atoms with Gasteiger partial charge in [-0.2, -0.15) is 5.10 Å². The first-order valence-corrected chi connectivity index (χ1v) is 11.6. The third kappa shape index (κ3) is 6.70. The van der Waals surface area contributed by atoms with Crippen molar-refractivity contribution in [3.05, 3.63) is 102 Å². The Morgan fingerprint density at radius 1 is 0.833 bits per heavy atom. The molecule has 0 unspecified atom stereocenters. The smallest absolute Gasteiger partial charge is 0.343 e. The molecule has 0 aliphatic carbocycles. The molecule has 36 heavy (non-hydrogen) atoms. The zero-order valence-corrected chi connectivity index (χ0v) is 19.8. The van der Waals surface area contributed by atoms with Crippen LogP contribution in [0.1, 0.15) is 29.3 Å². The lowest BCUT2D eigenvalue weighted by atomic mass is 10.1. The number of benzene rings is 4. The molecule has 0 fully saturated rings. The van der Waals surface area contributed by atoms with Crippen LogP contribution in [-0.4, -0.2) is 31.3 Å². The first kappa shape index (κ1) is 24.5. The third-order valence-electron chi connectivity index (χ3n) is 5.16. The molecule has 0 saturated heterocycles. The molecule has 7 heteroatoms. The molecule has 1 amide bonds. The average molecular weight is 483 g/mol. The normalized spacial score (nSPS) is 10.8. The van der Waals surface area contributed by atoms with Crippen molar-refractivity contribution in [3.8, 4) is 17.2 Å². The highest BCUT2D eigenvalue weighted by atomic mass is 16.5. The Balaban J connectivity index is 1.24. The van der Waals surface area contributed by atoms with E-state index in [0.29, 0.717) is 29.4 Å². The van der Waals surface area contributed by atoms with Gasteiger partial charge in [-0.15, -0.1) is 0 Å². The number of nitrogens with one attached hydrogen (secondary N) is 1. The second-order valence-corrected chi connectivity index (χ2v) is 7.89. The first-order chi connectivity index (χ1) is 17.6. The van der Waals surface area contributed by atoms with Crippen LogP contribution in [0, 0.1) is 0 Å². The lowest BCUT2D eigenvalue weighted by molar-refractivity contribution is -0.123. The van der Waals surface area contributed by atoms with Gasteiger partial charge in [-0.1, -0.05) is 43.3 Å². The molecular formula is C29H26N2O5. The number of rotatable bonds is 10. The van der Waals surface area contributed by atoms with E-state index < -0.39 is 5.97 Å². The van der Waals surface area contributed by atoms with Crippen LogP contribution in [0.5, 0.6) is 17.2 Å². The molecule has 0 saturated carbocycles. The van der Waals surface area contributed by atoms with Gasteiger partial charge in [0.25, 0.3) is 5.91 Å². The van der Waals surface area contributed by atoms with E-state index >= 15 is 0 Å². The molecule has 7 nitrogen and oxygen atoms in total. The van der Waals surface area contributed by atoms with Crippen molar-refractivity contribution >= 4 is 28.9 Å². The van der Waals surface area contributed by atoms with Crippen LogP contribution >= 0.6 is 0 Å². The maximum absolute atomic E-state index is 12.4. The Hall–Kier alpha value is -4.65. The highest BCUT2D eigenvalue weighted by Gasteiger charge is 2.09. The minimum Gasteiger partial charge on any atom is -0.494 e. The van der Waals surface area contributed by atoms with Crippen LogP contribution in [0.2, 0.25) is 0 Å². The van der Waals surface area contributed by atoms with Crippen molar-refractivity contribution in [2.75, 3.05) is 13.2 Å². The van der Waals surface area contributed by atoms with Crippen molar-refractivity contribution in [1.29, 1.82) is 0 Å². The Morgan fingerprint density at radius 2 is 1.56 bits per heavy atom. The quantitative estimate of drug-likeness (QED) is 0.142. The minimum atomic E-state index is -0.461. The topological polar surface area (TPSA) is 86.2 Å². The predicted octanol–water partition coefficient (Wildman–Crippen LogP) is 5.38. The molecule has 0 radical (unpaired) electrons. The van der Waals surface area contributed by atoms with Crippen molar-refractivity contribution in [2.45, 2.75) is 13.3 Å². The number of carbonyl (C=O) groups excluding carboxylic acids is 2. The molecule has 182 valence electrons. The number of nitrogens with zero attached hydrogens (tertiary/aromatic N) is 1. The maximum atomic E-state index is 12.4. The summed E-state index contributed by atoms with van der Waals surface area (Å²) in [5.41, 5.74) is 3.60. The molecule has 0 aromatic heterocycles. The van der Waals surface area contributed by atoms with Crippen molar-refractivity contribution in [1.82, 2.24) is 5.43 Å². The average Bonchev–Trinajstić information content (AvgIpc) is 2.92.